The number of carbonyl (C=O) groups is 1. The van der Waals surface area contributed by atoms with Gasteiger partial charge in [0.15, 0.2) is 0 Å². The normalized spacial score (nSPS) is 20.3. The average Bonchev–Trinajstić information content (AvgIpc) is 2.62. The maximum absolute atomic E-state index is 12.5. The molecule has 1 aliphatic rings. The molecule has 0 bridgehead atoms. The van der Waals surface area contributed by atoms with Crippen LogP contribution in [-0.4, -0.2) is 30.3 Å². The molecule has 128 valence electrons. The summed E-state index contributed by atoms with van der Waals surface area (Å²) in [4.78, 5) is 15.1. The average molecular weight is 353 g/mol. The number of aliphatic hydroxyl groups is 1. The van der Waals surface area contributed by atoms with Crippen LogP contribution in [0.25, 0.3) is 0 Å². The third kappa shape index (κ3) is 3.65. The summed E-state index contributed by atoms with van der Waals surface area (Å²) in [5.74, 6) is 3.26. The van der Waals surface area contributed by atoms with Gasteiger partial charge in [-0.1, -0.05) is 24.1 Å². The van der Waals surface area contributed by atoms with Crippen LogP contribution in [0.2, 0.25) is 0 Å². The Morgan fingerprint density at radius 2 is 1.84 bits per heavy atom. The van der Waals surface area contributed by atoms with Gasteiger partial charge in [-0.05, 0) is 60.3 Å². The highest BCUT2D eigenvalue weighted by molar-refractivity contribution is 8.03. The van der Waals surface area contributed by atoms with Crippen LogP contribution in [0.1, 0.15) is 6.92 Å². The zero-order valence-electron chi connectivity index (χ0n) is 14.0. The fourth-order valence-electron chi connectivity index (χ4n) is 2.80. The maximum Gasteiger partial charge on any atom is 0.236 e. The van der Waals surface area contributed by atoms with Crippen molar-refractivity contribution in [1.82, 2.24) is 0 Å². The van der Waals surface area contributed by atoms with Crippen LogP contribution >= 0.6 is 11.8 Å². The first kappa shape index (κ1) is 17.4. The number of thioether (sulfide) groups is 1. The van der Waals surface area contributed by atoms with E-state index in [-0.39, 0.29) is 11.9 Å². The molecule has 2 aromatic rings. The molecule has 25 heavy (non-hydrogen) atoms. The first-order valence-corrected chi connectivity index (χ1v) is 8.81. The number of methoxy groups -OCH3 is 1. The molecule has 1 aliphatic heterocycles. The third-order valence-electron chi connectivity index (χ3n) is 4.13. The lowest BCUT2D eigenvalue weighted by atomic mass is 9.83. The van der Waals surface area contributed by atoms with Gasteiger partial charge < -0.3 is 9.84 Å². The molecule has 3 atom stereocenters. The van der Waals surface area contributed by atoms with Gasteiger partial charge in [0.1, 0.15) is 11.8 Å². The summed E-state index contributed by atoms with van der Waals surface area (Å²) in [6.07, 6.45) is -0.733. The van der Waals surface area contributed by atoms with Gasteiger partial charge in [0.2, 0.25) is 5.91 Å². The Morgan fingerprint density at radius 1 is 1.16 bits per heavy atom. The maximum atomic E-state index is 12.5. The molecule has 0 spiro atoms. The van der Waals surface area contributed by atoms with E-state index in [9.17, 15) is 9.90 Å². The van der Waals surface area contributed by atoms with Crippen LogP contribution in [-0.2, 0) is 4.79 Å². The van der Waals surface area contributed by atoms with Crippen molar-refractivity contribution < 1.29 is 14.6 Å². The molecule has 2 aromatic carbocycles. The summed E-state index contributed by atoms with van der Waals surface area (Å²) in [7, 11) is 1.60. The zero-order valence-corrected chi connectivity index (χ0v) is 14.9. The fourth-order valence-corrected chi connectivity index (χ4v) is 3.39. The van der Waals surface area contributed by atoms with Crippen molar-refractivity contribution in [3.8, 4) is 16.9 Å². The van der Waals surface area contributed by atoms with E-state index in [0.717, 1.165) is 16.3 Å². The third-order valence-corrected chi connectivity index (χ3v) is 4.86. The van der Waals surface area contributed by atoms with Crippen LogP contribution < -0.4 is 9.64 Å². The Morgan fingerprint density at radius 3 is 2.44 bits per heavy atom. The Bertz CT molecular complexity index is 793. The molecule has 4 nitrogen and oxygen atoms in total. The Balaban J connectivity index is 1.80. The lowest BCUT2D eigenvalue weighted by Crippen LogP contribution is -2.64. The van der Waals surface area contributed by atoms with E-state index in [0.29, 0.717) is 0 Å². The van der Waals surface area contributed by atoms with Gasteiger partial charge in [-0.2, -0.15) is 0 Å². The van der Waals surface area contributed by atoms with Crippen LogP contribution in [0.4, 0.5) is 5.69 Å². The van der Waals surface area contributed by atoms with Crippen molar-refractivity contribution in [2.24, 2.45) is 5.92 Å². The topological polar surface area (TPSA) is 49.8 Å². The Kier molecular flexibility index (Phi) is 5.32. The molecule has 1 N–H and O–H groups in total. The predicted octanol–water partition coefficient (Wildman–Crippen LogP) is 3.16. The molecule has 1 saturated heterocycles. The molecule has 0 radical (unpaired) electrons. The number of hydrogen-bond acceptors (Lipinski definition) is 4. The molecule has 0 aromatic heterocycles. The minimum absolute atomic E-state index is 0.107. The van der Waals surface area contributed by atoms with Crippen molar-refractivity contribution in [3.63, 3.8) is 0 Å². The van der Waals surface area contributed by atoms with E-state index in [1.807, 2.05) is 54.6 Å². The molecule has 0 unspecified atom stereocenters. The molecule has 3 rings (SSSR count). The largest absolute Gasteiger partial charge is 0.497 e. The smallest absolute Gasteiger partial charge is 0.236 e. The second-order valence-electron chi connectivity index (χ2n) is 5.78. The van der Waals surface area contributed by atoms with Gasteiger partial charge >= 0.3 is 0 Å². The zero-order chi connectivity index (χ0) is 17.8. The summed E-state index contributed by atoms with van der Waals surface area (Å²) in [6, 6.07) is 16.8. The van der Waals surface area contributed by atoms with Gasteiger partial charge in [0.25, 0.3) is 0 Å². The minimum atomic E-state index is -0.733. The highest BCUT2D eigenvalue weighted by Gasteiger charge is 2.49. The quantitative estimate of drug-likeness (QED) is 0.521. The lowest BCUT2D eigenvalue weighted by Gasteiger charge is -2.45. The highest BCUT2D eigenvalue weighted by Crippen LogP contribution is 2.35. The van der Waals surface area contributed by atoms with Crippen LogP contribution in [0.5, 0.6) is 5.75 Å². The summed E-state index contributed by atoms with van der Waals surface area (Å²) >= 11 is 1.42. The Hall–Kier alpha value is -2.42. The molecular weight excluding hydrogens is 334 g/mol. The number of rotatable bonds is 4. The van der Waals surface area contributed by atoms with E-state index in [4.69, 9.17) is 4.74 Å². The van der Waals surface area contributed by atoms with Crippen molar-refractivity contribution in [2.75, 3.05) is 12.0 Å². The van der Waals surface area contributed by atoms with Gasteiger partial charge in [0, 0.05) is 10.6 Å². The van der Waals surface area contributed by atoms with Crippen LogP contribution in [0.3, 0.4) is 0 Å². The SMILES string of the molecule is COc1ccc(N2C(=O)[C@H]([C@@H](C)O)[C@H]2C#CSc2ccccc2)cc1. The molecule has 0 saturated carbocycles. The van der Waals surface area contributed by atoms with E-state index in [1.165, 1.54) is 11.8 Å². The number of aliphatic hydroxyl groups excluding tert-OH is 1. The fraction of sp³-hybridized carbons (Fsp3) is 0.250. The number of carbonyl (C=O) groups excluding carboxylic acids is 1. The number of hydrogen-bond donors (Lipinski definition) is 1. The standard InChI is InChI=1S/C20H19NO3S/c1-14(22)19-18(12-13-25-17-6-4-3-5-7-17)21(20(19)23)15-8-10-16(24-2)11-9-15/h3-11,14,18-19,22H,1-2H3/t14-,18-,19-/m1/s1. The van der Waals surface area contributed by atoms with Gasteiger partial charge in [0.05, 0.1) is 19.1 Å². The number of nitrogens with zero attached hydrogens (tertiary/aromatic N) is 1. The monoisotopic (exact) mass is 353 g/mol. The van der Waals surface area contributed by atoms with E-state index in [1.54, 1.807) is 18.9 Å². The number of benzene rings is 2. The first-order valence-electron chi connectivity index (χ1n) is 7.99. The Labute approximate surface area is 151 Å². The minimum Gasteiger partial charge on any atom is -0.497 e. The van der Waals surface area contributed by atoms with Crippen molar-refractivity contribution >= 4 is 23.4 Å². The van der Waals surface area contributed by atoms with Gasteiger partial charge in [-0.25, -0.2) is 0 Å². The van der Waals surface area contributed by atoms with Crippen molar-refractivity contribution in [2.45, 2.75) is 24.0 Å². The second kappa shape index (κ2) is 7.64. The van der Waals surface area contributed by atoms with E-state index in [2.05, 4.69) is 11.2 Å². The highest BCUT2D eigenvalue weighted by atomic mass is 32.2. The predicted molar refractivity (Wildman–Crippen MR) is 99.5 cm³/mol. The van der Waals surface area contributed by atoms with Crippen LogP contribution in [0, 0.1) is 17.1 Å². The molecule has 1 heterocycles. The molecular formula is C20H19NO3S. The van der Waals surface area contributed by atoms with Gasteiger partial charge in [-0.15, -0.1) is 0 Å². The number of ether oxygens (including phenoxy) is 1. The molecule has 1 fully saturated rings. The van der Waals surface area contributed by atoms with E-state index < -0.39 is 12.0 Å². The molecule has 1 amide bonds. The first-order chi connectivity index (χ1) is 12.1. The van der Waals surface area contributed by atoms with Crippen molar-refractivity contribution in [3.05, 3.63) is 54.6 Å². The summed E-state index contributed by atoms with van der Waals surface area (Å²) in [5, 5.41) is 13.0. The number of amides is 1. The summed E-state index contributed by atoms with van der Waals surface area (Å²) in [6.45, 7) is 1.63. The second-order valence-corrected chi connectivity index (χ2v) is 6.66. The number of β-lactam (4-membered cyclic amide) rings is 1. The summed E-state index contributed by atoms with van der Waals surface area (Å²) in [5.41, 5.74) is 0.756. The lowest BCUT2D eigenvalue weighted by molar-refractivity contribution is -0.133. The molecule has 5 heteroatoms. The van der Waals surface area contributed by atoms with Crippen molar-refractivity contribution in [1.29, 1.82) is 0 Å². The van der Waals surface area contributed by atoms with E-state index >= 15 is 0 Å². The van der Waals surface area contributed by atoms with Crippen LogP contribution in [0.15, 0.2) is 59.5 Å². The van der Waals surface area contributed by atoms with Gasteiger partial charge in [-0.3, -0.25) is 9.69 Å². The molecule has 0 aliphatic carbocycles. The number of anilines is 1. The summed E-state index contributed by atoms with van der Waals surface area (Å²) < 4.78 is 5.15.